The van der Waals surface area contributed by atoms with Crippen LogP contribution in [-0.4, -0.2) is 50.8 Å². The Labute approximate surface area is 94.2 Å². The van der Waals surface area contributed by atoms with Gasteiger partial charge in [0.05, 0.1) is 13.2 Å². The lowest BCUT2D eigenvalue weighted by Crippen LogP contribution is -2.37. The van der Waals surface area contributed by atoms with Crippen molar-refractivity contribution in [3.63, 3.8) is 0 Å². The van der Waals surface area contributed by atoms with Crippen LogP contribution in [0, 0.1) is 5.92 Å². The fourth-order valence-corrected chi connectivity index (χ4v) is 1.75. The molecule has 0 aromatic rings. The van der Waals surface area contributed by atoms with Gasteiger partial charge in [-0.1, -0.05) is 20.3 Å². The summed E-state index contributed by atoms with van der Waals surface area (Å²) in [5.41, 5.74) is 0. The third-order valence-electron chi connectivity index (χ3n) is 3.12. The number of morpholine rings is 1. The van der Waals surface area contributed by atoms with E-state index in [4.69, 9.17) is 4.74 Å². The number of ether oxygens (including phenoxy) is 1. The van der Waals surface area contributed by atoms with Gasteiger partial charge in [0.2, 0.25) is 0 Å². The van der Waals surface area contributed by atoms with Crippen molar-refractivity contribution in [3.8, 4) is 0 Å². The second-order valence-corrected chi connectivity index (χ2v) is 4.53. The van der Waals surface area contributed by atoms with Crippen molar-refractivity contribution in [2.45, 2.75) is 26.7 Å². The lowest BCUT2D eigenvalue weighted by atomic mass is 10.1. The normalized spacial score (nSPS) is 20.4. The molecule has 15 heavy (non-hydrogen) atoms. The highest BCUT2D eigenvalue weighted by Crippen LogP contribution is 1.99. The van der Waals surface area contributed by atoms with E-state index in [0.717, 1.165) is 38.8 Å². The molecule has 3 nitrogen and oxygen atoms in total. The molecule has 1 aliphatic heterocycles. The molecule has 3 heteroatoms. The summed E-state index contributed by atoms with van der Waals surface area (Å²) < 4.78 is 5.32. The van der Waals surface area contributed by atoms with Crippen molar-refractivity contribution in [1.29, 1.82) is 0 Å². The van der Waals surface area contributed by atoms with Gasteiger partial charge in [-0.05, 0) is 32.0 Å². The summed E-state index contributed by atoms with van der Waals surface area (Å²) in [5.74, 6) is 0.813. The highest BCUT2D eigenvalue weighted by molar-refractivity contribution is 4.63. The molecule has 1 aliphatic rings. The Bertz CT molecular complexity index is 147. The fourth-order valence-electron chi connectivity index (χ4n) is 1.75. The Hall–Kier alpha value is -0.120. The second kappa shape index (κ2) is 8.08. The van der Waals surface area contributed by atoms with Gasteiger partial charge in [0.1, 0.15) is 0 Å². The van der Waals surface area contributed by atoms with Crippen LogP contribution in [0.4, 0.5) is 0 Å². The van der Waals surface area contributed by atoms with E-state index in [1.54, 1.807) is 0 Å². The van der Waals surface area contributed by atoms with Crippen LogP contribution in [0.1, 0.15) is 26.7 Å². The summed E-state index contributed by atoms with van der Waals surface area (Å²) in [6, 6.07) is 0. The number of hydrogen-bond donors (Lipinski definition) is 1. The zero-order chi connectivity index (χ0) is 10.9. The molecule has 90 valence electrons. The van der Waals surface area contributed by atoms with E-state index >= 15 is 0 Å². The molecule has 0 aromatic carbocycles. The van der Waals surface area contributed by atoms with E-state index in [1.807, 2.05) is 0 Å². The van der Waals surface area contributed by atoms with Crippen molar-refractivity contribution in [2.75, 3.05) is 45.9 Å². The van der Waals surface area contributed by atoms with Crippen molar-refractivity contribution >= 4 is 0 Å². The molecular weight excluding hydrogens is 188 g/mol. The zero-order valence-electron chi connectivity index (χ0n) is 10.3. The lowest BCUT2D eigenvalue weighted by molar-refractivity contribution is 0.0374. The van der Waals surface area contributed by atoms with Crippen molar-refractivity contribution in [3.05, 3.63) is 0 Å². The van der Waals surface area contributed by atoms with E-state index in [1.165, 1.54) is 25.9 Å². The maximum atomic E-state index is 5.32. The highest BCUT2D eigenvalue weighted by atomic mass is 16.5. The summed E-state index contributed by atoms with van der Waals surface area (Å²) >= 11 is 0. The van der Waals surface area contributed by atoms with Gasteiger partial charge < -0.3 is 10.1 Å². The molecule has 0 unspecified atom stereocenters. The van der Waals surface area contributed by atoms with Gasteiger partial charge in [-0.15, -0.1) is 0 Å². The first-order valence-corrected chi connectivity index (χ1v) is 6.33. The molecule has 0 amide bonds. The van der Waals surface area contributed by atoms with E-state index < -0.39 is 0 Å². The van der Waals surface area contributed by atoms with Crippen molar-refractivity contribution < 1.29 is 4.74 Å². The number of nitrogens with one attached hydrogen (secondary N) is 1. The second-order valence-electron chi connectivity index (χ2n) is 4.53. The van der Waals surface area contributed by atoms with Crippen LogP contribution in [0.3, 0.4) is 0 Å². The van der Waals surface area contributed by atoms with Crippen LogP contribution < -0.4 is 5.32 Å². The Morgan fingerprint density at radius 3 is 2.73 bits per heavy atom. The molecule has 1 saturated heterocycles. The molecule has 0 radical (unpaired) electrons. The molecule has 0 bridgehead atoms. The molecule has 1 N–H and O–H groups in total. The average molecular weight is 214 g/mol. The molecule has 1 heterocycles. The van der Waals surface area contributed by atoms with Crippen LogP contribution >= 0.6 is 0 Å². The smallest absolute Gasteiger partial charge is 0.0594 e. The van der Waals surface area contributed by atoms with E-state index in [2.05, 4.69) is 24.1 Å². The molecule has 0 aromatic heterocycles. The van der Waals surface area contributed by atoms with Gasteiger partial charge in [0.25, 0.3) is 0 Å². The topological polar surface area (TPSA) is 24.5 Å². The van der Waals surface area contributed by atoms with Gasteiger partial charge in [0, 0.05) is 13.1 Å². The third kappa shape index (κ3) is 6.13. The summed E-state index contributed by atoms with van der Waals surface area (Å²) in [6.45, 7) is 12.2. The predicted molar refractivity (Wildman–Crippen MR) is 64.2 cm³/mol. The monoisotopic (exact) mass is 214 g/mol. The summed E-state index contributed by atoms with van der Waals surface area (Å²) in [4.78, 5) is 2.49. The van der Waals surface area contributed by atoms with Gasteiger partial charge in [0.15, 0.2) is 0 Å². The molecule has 1 atom stereocenters. The Morgan fingerprint density at radius 2 is 2.07 bits per heavy atom. The van der Waals surface area contributed by atoms with E-state index in [0.29, 0.717) is 0 Å². The van der Waals surface area contributed by atoms with Crippen molar-refractivity contribution in [1.82, 2.24) is 10.2 Å². The zero-order valence-corrected chi connectivity index (χ0v) is 10.3. The largest absolute Gasteiger partial charge is 0.379 e. The van der Waals surface area contributed by atoms with Gasteiger partial charge in [-0.3, -0.25) is 4.90 Å². The first-order valence-electron chi connectivity index (χ1n) is 6.33. The Kier molecular flexibility index (Phi) is 6.98. The predicted octanol–water partition coefficient (Wildman–Crippen LogP) is 1.34. The number of hydrogen-bond acceptors (Lipinski definition) is 3. The maximum absolute atomic E-state index is 5.32. The first-order chi connectivity index (χ1) is 7.33. The van der Waals surface area contributed by atoms with Crippen LogP contribution in [0.5, 0.6) is 0 Å². The minimum atomic E-state index is 0.813. The molecule has 0 spiro atoms. The average Bonchev–Trinajstić information content (AvgIpc) is 2.29. The van der Waals surface area contributed by atoms with Crippen LogP contribution in [0.15, 0.2) is 0 Å². The lowest BCUT2D eigenvalue weighted by Gasteiger charge is -2.26. The van der Waals surface area contributed by atoms with Gasteiger partial charge in [-0.25, -0.2) is 0 Å². The molecular formula is C12H26N2O. The van der Waals surface area contributed by atoms with Crippen LogP contribution in [0.2, 0.25) is 0 Å². The van der Waals surface area contributed by atoms with E-state index in [-0.39, 0.29) is 0 Å². The minimum absolute atomic E-state index is 0.813. The highest BCUT2D eigenvalue weighted by Gasteiger charge is 2.08. The Morgan fingerprint density at radius 1 is 1.33 bits per heavy atom. The summed E-state index contributed by atoms with van der Waals surface area (Å²) in [5, 5.41) is 3.52. The Balaban J connectivity index is 1.87. The fraction of sp³-hybridized carbons (Fsp3) is 1.00. The quantitative estimate of drug-likeness (QED) is 0.647. The van der Waals surface area contributed by atoms with Gasteiger partial charge >= 0.3 is 0 Å². The standard InChI is InChI=1S/C12H26N2O/c1-3-12(2)11-13-5-4-6-14-7-9-15-10-8-14/h12-13H,3-11H2,1-2H3/t12-/m1/s1. The molecule has 0 saturated carbocycles. The summed E-state index contributed by atoms with van der Waals surface area (Å²) in [6.07, 6.45) is 2.53. The van der Waals surface area contributed by atoms with Crippen molar-refractivity contribution in [2.24, 2.45) is 5.92 Å². The first kappa shape index (κ1) is 12.9. The number of nitrogens with zero attached hydrogens (tertiary/aromatic N) is 1. The minimum Gasteiger partial charge on any atom is -0.379 e. The van der Waals surface area contributed by atoms with Crippen LogP contribution in [0.25, 0.3) is 0 Å². The number of rotatable bonds is 7. The van der Waals surface area contributed by atoms with Crippen LogP contribution in [-0.2, 0) is 4.74 Å². The molecule has 0 aliphatic carbocycles. The van der Waals surface area contributed by atoms with Gasteiger partial charge in [-0.2, -0.15) is 0 Å². The van der Waals surface area contributed by atoms with E-state index in [9.17, 15) is 0 Å². The maximum Gasteiger partial charge on any atom is 0.0594 e. The molecule has 1 fully saturated rings. The molecule has 1 rings (SSSR count). The SMILES string of the molecule is CC[C@@H](C)CNCCCN1CCOCC1. The summed E-state index contributed by atoms with van der Waals surface area (Å²) in [7, 11) is 0. The third-order valence-corrected chi connectivity index (χ3v) is 3.12.